The number of benzene rings is 1. The molecule has 0 amide bonds. The SMILES string of the molecule is CCN(C)CC1CCN(CC(O)c2ccccc2)C1. The van der Waals surface area contributed by atoms with Gasteiger partial charge in [0.1, 0.15) is 0 Å². The predicted molar refractivity (Wildman–Crippen MR) is 79.1 cm³/mol. The third kappa shape index (κ3) is 4.30. The Kier molecular flexibility index (Phi) is 5.37. The molecule has 2 atom stereocenters. The summed E-state index contributed by atoms with van der Waals surface area (Å²) >= 11 is 0. The van der Waals surface area contributed by atoms with Crippen LogP contribution in [0.1, 0.15) is 25.0 Å². The predicted octanol–water partition coefficient (Wildman–Crippen LogP) is 1.99. The maximum atomic E-state index is 10.2. The molecule has 1 fully saturated rings. The van der Waals surface area contributed by atoms with E-state index in [4.69, 9.17) is 0 Å². The van der Waals surface area contributed by atoms with E-state index in [0.29, 0.717) is 0 Å². The highest BCUT2D eigenvalue weighted by atomic mass is 16.3. The smallest absolute Gasteiger partial charge is 0.0916 e. The van der Waals surface area contributed by atoms with Crippen molar-refractivity contribution in [3.8, 4) is 0 Å². The third-order valence-corrected chi connectivity index (χ3v) is 4.10. The number of β-amino-alcohol motifs (C(OH)–C–C–N with tert-alkyl or cyclic N) is 1. The highest BCUT2D eigenvalue weighted by molar-refractivity contribution is 5.17. The summed E-state index contributed by atoms with van der Waals surface area (Å²) in [6.07, 6.45) is 0.898. The maximum absolute atomic E-state index is 10.2. The second-order valence-electron chi connectivity index (χ2n) is 5.70. The quantitative estimate of drug-likeness (QED) is 0.849. The Morgan fingerprint density at radius 3 is 2.79 bits per heavy atom. The van der Waals surface area contributed by atoms with Crippen molar-refractivity contribution in [2.75, 3.05) is 39.8 Å². The van der Waals surface area contributed by atoms with Crippen molar-refractivity contribution in [1.29, 1.82) is 0 Å². The molecule has 106 valence electrons. The first kappa shape index (κ1) is 14.5. The molecule has 3 heteroatoms. The van der Waals surface area contributed by atoms with E-state index < -0.39 is 0 Å². The summed E-state index contributed by atoms with van der Waals surface area (Å²) in [6, 6.07) is 9.97. The van der Waals surface area contributed by atoms with Gasteiger partial charge in [-0.1, -0.05) is 37.3 Å². The van der Waals surface area contributed by atoms with Crippen LogP contribution in [0.2, 0.25) is 0 Å². The van der Waals surface area contributed by atoms with Crippen LogP contribution in [-0.2, 0) is 0 Å². The van der Waals surface area contributed by atoms with Crippen molar-refractivity contribution in [3.05, 3.63) is 35.9 Å². The van der Waals surface area contributed by atoms with Crippen molar-refractivity contribution in [2.45, 2.75) is 19.4 Å². The van der Waals surface area contributed by atoms with E-state index in [9.17, 15) is 5.11 Å². The molecule has 3 nitrogen and oxygen atoms in total. The first-order chi connectivity index (χ1) is 9.19. The van der Waals surface area contributed by atoms with Gasteiger partial charge >= 0.3 is 0 Å². The van der Waals surface area contributed by atoms with Crippen LogP contribution >= 0.6 is 0 Å². The number of aliphatic hydroxyl groups is 1. The molecule has 1 aliphatic heterocycles. The lowest BCUT2D eigenvalue weighted by Gasteiger charge is -2.22. The zero-order valence-electron chi connectivity index (χ0n) is 12.1. The van der Waals surface area contributed by atoms with Gasteiger partial charge in [-0.3, -0.25) is 0 Å². The zero-order valence-corrected chi connectivity index (χ0v) is 12.1. The van der Waals surface area contributed by atoms with E-state index in [-0.39, 0.29) is 6.10 Å². The molecule has 19 heavy (non-hydrogen) atoms. The number of likely N-dealkylation sites (tertiary alicyclic amines) is 1. The molecular formula is C16H26N2O. The lowest BCUT2D eigenvalue weighted by Crippen LogP contribution is -2.30. The lowest BCUT2D eigenvalue weighted by atomic mass is 10.1. The standard InChI is InChI=1S/C16H26N2O/c1-3-17(2)11-14-9-10-18(12-14)13-16(19)15-7-5-4-6-8-15/h4-8,14,16,19H,3,9-13H2,1-2H3. The van der Waals surface area contributed by atoms with Crippen molar-refractivity contribution < 1.29 is 5.11 Å². The Balaban J connectivity index is 1.79. The molecule has 1 aliphatic rings. The van der Waals surface area contributed by atoms with Crippen molar-refractivity contribution in [3.63, 3.8) is 0 Å². The highest BCUT2D eigenvalue weighted by Crippen LogP contribution is 2.21. The number of nitrogens with zero attached hydrogens (tertiary/aromatic N) is 2. The molecule has 0 aliphatic carbocycles. The summed E-state index contributed by atoms with van der Waals surface area (Å²) in [7, 11) is 2.18. The molecule has 0 radical (unpaired) electrons. The number of hydrogen-bond acceptors (Lipinski definition) is 3. The van der Waals surface area contributed by atoms with E-state index >= 15 is 0 Å². The Morgan fingerprint density at radius 2 is 2.11 bits per heavy atom. The number of rotatable bonds is 6. The van der Waals surface area contributed by atoms with Crippen LogP contribution in [0.3, 0.4) is 0 Å². The van der Waals surface area contributed by atoms with Gasteiger partial charge in [0.2, 0.25) is 0 Å². The fourth-order valence-corrected chi connectivity index (χ4v) is 2.82. The summed E-state index contributed by atoms with van der Waals surface area (Å²) in [5.74, 6) is 0.757. The summed E-state index contributed by atoms with van der Waals surface area (Å²) in [5, 5.41) is 10.2. The summed E-state index contributed by atoms with van der Waals surface area (Å²) in [4.78, 5) is 4.77. The molecule has 1 saturated heterocycles. The number of hydrogen-bond donors (Lipinski definition) is 1. The van der Waals surface area contributed by atoms with Gasteiger partial charge in [-0.15, -0.1) is 0 Å². The average molecular weight is 262 g/mol. The van der Waals surface area contributed by atoms with Crippen LogP contribution in [0.5, 0.6) is 0 Å². The Labute approximate surface area is 116 Å². The van der Waals surface area contributed by atoms with E-state index in [1.54, 1.807) is 0 Å². The van der Waals surface area contributed by atoms with Crippen LogP contribution < -0.4 is 0 Å². The molecule has 1 N–H and O–H groups in total. The van der Waals surface area contributed by atoms with Crippen molar-refractivity contribution in [1.82, 2.24) is 9.80 Å². The first-order valence-electron chi connectivity index (χ1n) is 7.33. The molecular weight excluding hydrogens is 236 g/mol. The van der Waals surface area contributed by atoms with Crippen LogP contribution in [0.15, 0.2) is 30.3 Å². The number of aliphatic hydroxyl groups excluding tert-OH is 1. The van der Waals surface area contributed by atoms with E-state index in [1.807, 2.05) is 30.3 Å². The van der Waals surface area contributed by atoms with Gasteiger partial charge in [-0.25, -0.2) is 0 Å². The van der Waals surface area contributed by atoms with Crippen molar-refractivity contribution in [2.24, 2.45) is 5.92 Å². The molecule has 1 aromatic carbocycles. The van der Waals surface area contributed by atoms with Crippen LogP contribution in [0, 0.1) is 5.92 Å². The van der Waals surface area contributed by atoms with Crippen LogP contribution in [-0.4, -0.2) is 54.7 Å². The topological polar surface area (TPSA) is 26.7 Å². The molecule has 1 aromatic rings. The molecule has 0 spiro atoms. The minimum atomic E-state index is -0.358. The van der Waals surface area contributed by atoms with Gasteiger partial charge in [0.15, 0.2) is 0 Å². The molecule has 0 saturated carbocycles. The van der Waals surface area contributed by atoms with Gasteiger partial charge < -0.3 is 14.9 Å². The van der Waals surface area contributed by atoms with E-state index in [1.165, 1.54) is 13.0 Å². The minimum absolute atomic E-state index is 0.358. The fraction of sp³-hybridized carbons (Fsp3) is 0.625. The summed E-state index contributed by atoms with van der Waals surface area (Å²) in [5.41, 5.74) is 1.02. The average Bonchev–Trinajstić information content (AvgIpc) is 2.86. The second kappa shape index (κ2) is 7.04. The van der Waals surface area contributed by atoms with Crippen LogP contribution in [0.25, 0.3) is 0 Å². The summed E-state index contributed by atoms with van der Waals surface area (Å²) < 4.78 is 0. The molecule has 0 aromatic heterocycles. The molecule has 2 rings (SSSR count). The van der Waals surface area contributed by atoms with Gasteiger partial charge in [0.25, 0.3) is 0 Å². The Hall–Kier alpha value is -0.900. The van der Waals surface area contributed by atoms with Gasteiger partial charge in [-0.2, -0.15) is 0 Å². The second-order valence-corrected chi connectivity index (χ2v) is 5.70. The monoisotopic (exact) mass is 262 g/mol. The lowest BCUT2D eigenvalue weighted by molar-refractivity contribution is 0.123. The normalized spacial score (nSPS) is 22.0. The first-order valence-corrected chi connectivity index (χ1v) is 7.33. The van der Waals surface area contributed by atoms with E-state index in [2.05, 4.69) is 23.8 Å². The van der Waals surface area contributed by atoms with Crippen LogP contribution in [0.4, 0.5) is 0 Å². The highest BCUT2D eigenvalue weighted by Gasteiger charge is 2.25. The van der Waals surface area contributed by atoms with Crippen molar-refractivity contribution >= 4 is 0 Å². The zero-order chi connectivity index (χ0) is 13.7. The van der Waals surface area contributed by atoms with Gasteiger partial charge in [-0.05, 0) is 38.0 Å². The maximum Gasteiger partial charge on any atom is 0.0916 e. The summed E-state index contributed by atoms with van der Waals surface area (Å²) in [6.45, 7) is 7.49. The fourth-order valence-electron chi connectivity index (χ4n) is 2.82. The third-order valence-electron chi connectivity index (χ3n) is 4.10. The Morgan fingerprint density at radius 1 is 1.37 bits per heavy atom. The molecule has 1 heterocycles. The molecule has 2 unspecified atom stereocenters. The van der Waals surface area contributed by atoms with Gasteiger partial charge in [0, 0.05) is 19.6 Å². The Bertz CT molecular complexity index is 368. The minimum Gasteiger partial charge on any atom is -0.387 e. The largest absolute Gasteiger partial charge is 0.387 e. The van der Waals surface area contributed by atoms with Gasteiger partial charge in [0.05, 0.1) is 6.10 Å². The van der Waals surface area contributed by atoms with E-state index in [0.717, 1.165) is 37.7 Å². The molecule has 0 bridgehead atoms.